The fraction of sp³-hybridized carbons (Fsp3) is 0.200. The van der Waals surface area contributed by atoms with Gasteiger partial charge in [-0.15, -0.1) is 11.8 Å². The van der Waals surface area contributed by atoms with Gasteiger partial charge < -0.3 is 11.1 Å². The van der Waals surface area contributed by atoms with Crippen molar-refractivity contribution in [1.29, 1.82) is 0 Å². The Morgan fingerprint density at radius 1 is 1.46 bits per heavy atom. The zero-order chi connectivity index (χ0) is 9.68. The Hall–Kier alpha value is -1.09. The number of hydrogen-bond acceptors (Lipinski definition) is 3. The van der Waals surface area contributed by atoms with Crippen LogP contribution >= 0.6 is 11.8 Å². The van der Waals surface area contributed by atoms with Gasteiger partial charge in [-0.2, -0.15) is 0 Å². The van der Waals surface area contributed by atoms with Crippen molar-refractivity contribution in [3.8, 4) is 0 Å². The third-order valence-corrected chi connectivity index (χ3v) is 2.35. The number of hydrogen-bond donors (Lipinski definition) is 2. The molecule has 0 amide bonds. The van der Waals surface area contributed by atoms with Crippen LogP contribution in [-0.2, 0) is 0 Å². The van der Waals surface area contributed by atoms with E-state index in [0.29, 0.717) is 0 Å². The highest BCUT2D eigenvalue weighted by Crippen LogP contribution is 2.18. The first-order valence-corrected chi connectivity index (χ1v) is 5.28. The maximum absolute atomic E-state index is 5.72. The molecule has 70 valence electrons. The van der Waals surface area contributed by atoms with Crippen molar-refractivity contribution in [1.82, 2.24) is 0 Å². The van der Waals surface area contributed by atoms with E-state index in [1.54, 1.807) is 11.8 Å². The highest BCUT2D eigenvalue weighted by Gasteiger charge is 1.96. The third kappa shape index (κ3) is 2.70. The van der Waals surface area contributed by atoms with Gasteiger partial charge in [0, 0.05) is 18.3 Å². The molecular formula is C10H14N2S. The standard InChI is InChI=1S/C10H14N2S/c1-12-9-6-4-3-5-8(9)7-10(11)13-2/h3-7,12H,11H2,1-2H3/b10-7-. The summed E-state index contributed by atoms with van der Waals surface area (Å²) in [7, 11) is 1.90. The van der Waals surface area contributed by atoms with E-state index in [9.17, 15) is 0 Å². The highest BCUT2D eigenvalue weighted by molar-refractivity contribution is 8.02. The lowest BCUT2D eigenvalue weighted by atomic mass is 10.2. The van der Waals surface area contributed by atoms with E-state index in [2.05, 4.69) is 5.32 Å². The summed E-state index contributed by atoms with van der Waals surface area (Å²) < 4.78 is 0. The Bertz CT molecular complexity index is 308. The molecular weight excluding hydrogens is 180 g/mol. The Morgan fingerprint density at radius 3 is 2.77 bits per heavy atom. The molecule has 3 heteroatoms. The van der Waals surface area contributed by atoms with Crippen LogP contribution in [0.1, 0.15) is 5.56 Å². The summed E-state index contributed by atoms with van der Waals surface area (Å²) in [6.45, 7) is 0. The minimum absolute atomic E-state index is 0.822. The number of benzene rings is 1. The lowest BCUT2D eigenvalue weighted by Gasteiger charge is -2.04. The summed E-state index contributed by atoms with van der Waals surface area (Å²) >= 11 is 1.55. The molecule has 0 heterocycles. The first-order chi connectivity index (χ1) is 6.27. The van der Waals surface area contributed by atoms with Crippen LogP contribution in [0.15, 0.2) is 29.3 Å². The lowest BCUT2D eigenvalue weighted by Crippen LogP contribution is -1.94. The molecule has 0 fully saturated rings. The minimum Gasteiger partial charge on any atom is -0.394 e. The van der Waals surface area contributed by atoms with Crippen LogP contribution in [0.3, 0.4) is 0 Å². The molecule has 1 rings (SSSR count). The van der Waals surface area contributed by atoms with Gasteiger partial charge in [0.05, 0.1) is 5.03 Å². The molecule has 0 bridgehead atoms. The number of anilines is 1. The summed E-state index contributed by atoms with van der Waals surface area (Å²) in [5.74, 6) is 0. The van der Waals surface area contributed by atoms with E-state index in [1.165, 1.54) is 0 Å². The van der Waals surface area contributed by atoms with Gasteiger partial charge in [-0.1, -0.05) is 18.2 Å². The van der Waals surface area contributed by atoms with Crippen LogP contribution in [0.25, 0.3) is 6.08 Å². The quantitative estimate of drug-likeness (QED) is 0.775. The molecule has 13 heavy (non-hydrogen) atoms. The van der Waals surface area contributed by atoms with Crippen molar-refractivity contribution in [2.75, 3.05) is 18.6 Å². The number of rotatable bonds is 3. The summed E-state index contributed by atoms with van der Waals surface area (Å²) in [5.41, 5.74) is 7.94. The van der Waals surface area contributed by atoms with Crippen LogP contribution in [0.2, 0.25) is 0 Å². The Morgan fingerprint density at radius 2 is 2.15 bits per heavy atom. The van der Waals surface area contributed by atoms with E-state index in [1.807, 2.05) is 43.6 Å². The normalized spacial score (nSPS) is 11.4. The van der Waals surface area contributed by atoms with Crippen LogP contribution in [0, 0.1) is 0 Å². The van der Waals surface area contributed by atoms with Crippen LogP contribution in [-0.4, -0.2) is 13.3 Å². The van der Waals surface area contributed by atoms with Crippen LogP contribution in [0.5, 0.6) is 0 Å². The SMILES string of the molecule is CNc1ccccc1/C=C(/N)SC. The van der Waals surface area contributed by atoms with Crippen molar-refractivity contribution < 1.29 is 0 Å². The third-order valence-electron chi connectivity index (χ3n) is 1.76. The van der Waals surface area contributed by atoms with Crippen LogP contribution < -0.4 is 11.1 Å². The van der Waals surface area contributed by atoms with Gasteiger partial charge in [0.1, 0.15) is 0 Å². The Kier molecular flexibility index (Phi) is 3.71. The number of nitrogens with one attached hydrogen (secondary N) is 1. The predicted octanol–water partition coefficient (Wildman–Crippen LogP) is 2.35. The second-order valence-corrected chi connectivity index (χ2v) is 3.47. The van der Waals surface area contributed by atoms with Crippen molar-refractivity contribution in [3.63, 3.8) is 0 Å². The largest absolute Gasteiger partial charge is 0.394 e. The second-order valence-electron chi connectivity index (χ2n) is 2.59. The van der Waals surface area contributed by atoms with Gasteiger partial charge in [-0.3, -0.25) is 0 Å². The second kappa shape index (κ2) is 4.82. The Labute approximate surface area is 83.2 Å². The van der Waals surface area contributed by atoms with Crippen molar-refractivity contribution in [2.24, 2.45) is 5.73 Å². The van der Waals surface area contributed by atoms with E-state index >= 15 is 0 Å². The molecule has 1 aromatic carbocycles. The molecule has 0 atom stereocenters. The molecule has 2 nitrogen and oxygen atoms in total. The zero-order valence-electron chi connectivity index (χ0n) is 7.87. The minimum atomic E-state index is 0.822. The first kappa shape index (κ1) is 9.99. The van der Waals surface area contributed by atoms with Gasteiger partial charge in [-0.25, -0.2) is 0 Å². The lowest BCUT2D eigenvalue weighted by molar-refractivity contribution is 1.48. The van der Waals surface area contributed by atoms with Crippen molar-refractivity contribution >= 4 is 23.5 Å². The fourth-order valence-corrected chi connectivity index (χ4v) is 1.31. The Balaban J connectivity index is 2.99. The molecule has 0 unspecified atom stereocenters. The molecule has 0 aromatic heterocycles. The summed E-state index contributed by atoms with van der Waals surface area (Å²) in [5, 5.41) is 3.94. The smallest absolute Gasteiger partial charge is 0.0659 e. The van der Waals surface area contributed by atoms with E-state index < -0.39 is 0 Å². The monoisotopic (exact) mass is 194 g/mol. The van der Waals surface area contributed by atoms with E-state index in [0.717, 1.165) is 16.3 Å². The molecule has 0 spiro atoms. The van der Waals surface area contributed by atoms with Crippen LogP contribution in [0.4, 0.5) is 5.69 Å². The van der Waals surface area contributed by atoms with Crippen molar-refractivity contribution in [3.05, 3.63) is 34.9 Å². The molecule has 0 aliphatic carbocycles. The van der Waals surface area contributed by atoms with Gasteiger partial charge in [0.25, 0.3) is 0 Å². The number of nitrogens with two attached hydrogens (primary N) is 1. The molecule has 0 saturated carbocycles. The van der Waals surface area contributed by atoms with Gasteiger partial charge in [0.15, 0.2) is 0 Å². The van der Waals surface area contributed by atoms with E-state index in [-0.39, 0.29) is 0 Å². The maximum atomic E-state index is 5.72. The molecule has 0 aliphatic heterocycles. The van der Waals surface area contributed by atoms with Gasteiger partial charge in [-0.05, 0) is 18.4 Å². The van der Waals surface area contributed by atoms with Gasteiger partial charge in [0.2, 0.25) is 0 Å². The summed E-state index contributed by atoms with van der Waals surface area (Å²) in [6.07, 6.45) is 3.93. The molecule has 1 aromatic rings. The maximum Gasteiger partial charge on any atom is 0.0659 e. The van der Waals surface area contributed by atoms with Crippen molar-refractivity contribution in [2.45, 2.75) is 0 Å². The predicted molar refractivity (Wildman–Crippen MR) is 61.7 cm³/mol. The molecule has 0 radical (unpaired) electrons. The summed E-state index contributed by atoms with van der Waals surface area (Å²) in [4.78, 5) is 0. The average molecular weight is 194 g/mol. The molecule has 3 N–H and O–H groups in total. The molecule has 0 aliphatic rings. The van der Waals surface area contributed by atoms with Gasteiger partial charge >= 0.3 is 0 Å². The highest BCUT2D eigenvalue weighted by atomic mass is 32.2. The fourth-order valence-electron chi connectivity index (χ4n) is 1.06. The zero-order valence-corrected chi connectivity index (χ0v) is 8.69. The summed E-state index contributed by atoms with van der Waals surface area (Å²) in [6, 6.07) is 8.06. The van der Waals surface area contributed by atoms with E-state index in [4.69, 9.17) is 5.73 Å². The topological polar surface area (TPSA) is 38.0 Å². The first-order valence-electron chi connectivity index (χ1n) is 4.06. The number of thioether (sulfide) groups is 1. The number of para-hydroxylation sites is 1. The average Bonchev–Trinajstić information content (AvgIpc) is 2.18. The molecule has 0 saturated heterocycles.